The summed E-state index contributed by atoms with van der Waals surface area (Å²) in [5, 5.41) is 3.21. The first kappa shape index (κ1) is 18.2. The molecule has 2 aliphatic heterocycles. The van der Waals surface area contributed by atoms with E-state index in [1.807, 2.05) is 37.5 Å². The molecular weight excluding hydrogens is 290 g/mol. The van der Waals surface area contributed by atoms with Crippen molar-refractivity contribution < 1.29 is 9.59 Å². The van der Waals surface area contributed by atoms with Gasteiger partial charge in [0.1, 0.15) is 0 Å². The maximum Gasteiger partial charge on any atom is 0.228 e. The van der Waals surface area contributed by atoms with Crippen molar-refractivity contribution in [2.75, 3.05) is 39.3 Å². The molecule has 1 atom stereocenters. The van der Waals surface area contributed by atoms with Gasteiger partial charge in [-0.05, 0) is 19.0 Å². The van der Waals surface area contributed by atoms with E-state index in [0.29, 0.717) is 32.1 Å². The van der Waals surface area contributed by atoms with Crippen LogP contribution in [0.15, 0.2) is 0 Å². The first-order valence-electron chi connectivity index (χ1n) is 7.59. The molecule has 0 bridgehead atoms. The summed E-state index contributed by atoms with van der Waals surface area (Å²) in [5.41, 5.74) is -0.336. The number of carbonyl (C=O) groups is 2. The van der Waals surface area contributed by atoms with Crippen LogP contribution < -0.4 is 5.32 Å². The van der Waals surface area contributed by atoms with E-state index in [9.17, 15) is 9.59 Å². The average Bonchev–Trinajstić information content (AvgIpc) is 2.34. The summed E-state index contributed by atoms with van der Waals surface area (Å²) >= 11 is 0. The Morgan fingerprint density at radius 1 is 1.05 bits per heavy atom. The molecule has 1 unspecified atom stereocenters. The summed E-state index contributed by atoms with van der Waals surface area (Å²) in [6, 6.07) is 0. The minimum absolute atomic E-state index is 0. The third kappa shape index (κ3) is 4.10. The number of nitrogens with one attached hydrogen (secondary N) is 1. The molecule has 0 saturated carbocycles. The van der Waals surface area contributed by atoms with Gasteiger partial charge in [-0.1, -0.05) is 27.7 Å². The van der Waals surface area contributed by atoms with E-state index >= 15 is 0 Å². The van der Waals surface area contributed by atoms with Crippen LogP contribution in [0.3, 0.4) is 0 Å². The Morgan fingerprint density at radius 2 is 1.52 bits per heavy atom. The topological polar surface area (TPSA) is 52.7 Å². The van der Waals surface area contributed by atoms with E-state index in [-0.39, 0.29) is 35.6 Å². The summed E-state index contributed by atoms with van der Waals surface area (Å²) in [7, 11) is 0. The highest BCUT2D eigenvalue weighted by molar-refractivity contribution is 5.85. The highest BCUT2D eigenvalue weighted by Gasteiger charge is 2.35. The fourth-order valence-electron chi connectivity index (χ4n) is 2.76. The van der Waals surface area contributed by atoms with Crippen LogP contribution in [-0.4, -0.2) is 60.9 Å². The van der Waals surface area contributed by atoms with E-state index < -0.39 is 0 Å². The highest BCUT2D eigenvalue weighted by Crippen LogP contribution is 2.21. The summed E-state index contributed by atoms with van der Waals surface area (Å²) in [5.74, 6) is 1.01. The van der Waals surface area contributed by atoms with Crippen molar-refractivity contribution in [2.24, 2.45) is 17.3 Å². The molecule has 5 nitrogen and oxygen atoms in total. The Morgan fingerprint density at radius 3 is 1.90 bits per heavy atom. The number of hydrogen-bond acceptors (Lipinski definition) is 3. The van der Waals surface area contributed by atoms with E-state index in [1.165, 1.54) is 0 Å². The van der Waals surface area contributed by atoms with Gasteiger partial charge in [0.2, 0.25) is 11.8 Å². The van der Waals surface area contributed by atoms with Crippen LogP contribution >= 0.6 is 12.4 Å². The molecule has 2 saturated heterocycles. The van der Waals surface area contributed by atoms with E-state index in [2.05, 4.69) is 5.32 Å². The largest absolute Gasteiger partial charge is 0.339 e. The van der Waals surface area contributed by atoms with Crippen molar-refractivity contribution in [3.63, 3.8) is 0 Å². The van der Waals surface area contributed by atoms with Gasteiger partial charge >= 0.3 is 0 Å². The Bertz CT molecular complexity index is 383. The summed E-state index contributed by atoms with van der Waals surface area (Å²) in [6.45, 7) is 12.4. The van der Waals surface area contributed by atoms with Crippen molar-refractivity contribution in [3.8, 4) is 0 Å². The van der Waals surface area contributed by atoms with Gasteiger partial charge in [0.25, 0.3) is 0 Å². The van der Waals surface area contributed by atoms with Gasteiger partial charge in [-0.2, -0.15) is 0 Å². The van der Waals surface area contributed by atoms with Crippen LogP contribution in [-0.2, 0) is 9.59 Å². The molecule has 2 rings (SSSR count). The van der Waals surface area contributed by atoms with Gasteiger partial charge in [0.05, 0.1) is 0 Å². The molecule has 2 fully saturated rings. The molecule has 2 heterocycles. The number of carbonyl (C=O) groups excluding carboxylic acids is 2. The molecule has 0 spiro atoms. The predicted octanol–water partition coefficient (Wildman–Crippen LogP) is 0.981. The second kappa shape index (κ2) is 6.97. The molecule has 122 valence electrons. The van der Waals surface area contributed by atoms with Crippen LogP contribution in [0.2, 0.25) is 0 Å². The maximum absolute atomic E-state index is 12.4. The highest BCUT2D eigenvalue weighted by atomic mass is 35.5. The Balaban J connectivity index is 0.00000220. The Labute approximate surface area is 133 Å². The monoisotopic (exact) mass is 317 g/mol. The zero-order valence-corrected chi connectivity index (χ0v) is 14.3. The number of halogens is 1. The maximum atomic E-state index is 12.4. The van der Waals surface area contributed by atoms with Crippen molar-refractivity contribution in [1.82, 2.24) is 15.1 Å². The summed E-state index contributed by atoms with van der Waals surface area (Å²) in [4.78, 5) is 28.4. The van der Waals surface area contributed by atoms with Crippen LogP contribution in [0.4, 0.5) is 0 Å². The van der Waals surface area contributed by atoms with Gasteiger partial charge in [-0.15, -0.1) is 12.4 Å². The van der Waals surface area contributed by atoms with E-state index in [4.69, 9.17) is 0 Å². The fourth-order valence-corrected chi connectivity index (χ4v) is 2.76. The zero-order chi connectivity index (χ0) is 14.9. The number of hydrogen-bond donors (Lipinski definition) is 1. The molecule has 21 heavy (non-hydrogen) atoms. The van der Waals surface area contributed by atoms with Gasteiger partial charge in [0.15, 0.2) is 0 Å². The second-order valence-electron chi connectivity index (χ2n) is 7.07. The summed E-state index contributed by atoms with van der Waals surface area (Å²) in [6.07, 6.45) is 0. The van der Waals surface area contributed by atoms with Gasteiger partial charge < -0.3 is 15.1 Å². The van der Waals surface area contributed by atoms with Gasteiger partial charge in [-0.25, -0.2) is 0 Å². The minimum atomic E-state index is -0.336. The predicted molar refractivity (Wildman–Crippen MR) is 85.4 cm³/mol. The lowest BCUT2D eigenvalue weighted by Crippen LogP contribution is -2.56. The van der Waals surface area contributed by atoms with Crippen LogP contribution in [0.25, 0.3) is 0 Å². The van der Waals surface area contributed by atoms with Crippen molar-refractivity contribution in [1.29, 1.82) is 0 Å². The third-order valence-corrected chi connectivity index (χ3v) is 4.43. The number of piperazine rings is 1. The van der Waals surface area contributed by atoms with Crippen molar-refractivity contribution >= 4 is 24.2 Å². The van der Waals surface area contributed by atoms with E-state index in [1.54, 1.807) is 0 Å². The third-order valence-electron chi connectivity index (χ3n) is 4.43. The van der Waals surface area contributed by atoms with E-state index in [0.717, 1.165) is 13.1 Å². The van der Waals surface area contributed by atoms with Crippen LogP contribution in [0, 0.1) is 17.3 Å². The van der Waals surface area contributed by atoms with Crippen LogP contribution in [0.5, 0.6) is 0 Å². The Kier molecular flexibility index (Phi) is 6.05. The molecule has 0 aliphatic carbocycles. The molecule has 2 amide bonds. The molecular formula is C15H28ClN3O2. The quantitative estimate of drug-likeness (QED) is 0.826. The van der Waals surface area contributed by atoms with Gasteiger partial charge in [0, 0.05) is 37.5 Å². The smallest absolute Gasteiger partial charge is 0.228 e. The van der Waals surface area contributed by atoms with Crippen molar-refractivity contribution in [3.05, 3.63) is 0 Å². The molecule has 0 aromatic rings. The average molecular weight is 318 g/mol. The molecule has 6 heteroatoms. The standard InChI is InChI=1S/C15H27N3O2.ClH/c1-11(12-9-16-10-12)13(19)17-5-7-18(8-6-17)14(20)15(2,3)4;/h11-12,16H,5-10H2,1-4H3;1H. The number of amides is 2. The van der Waals surface area contributed by atoms with Crippen LogP contribution in [0.1, 0.15) is 27.7 Å². The number of rotatable bonds is 2. The number of nitrogens with zero attached hydrogens (tertiary/aromatic N) is 2. The molecule has 1 N–H and O–H groups in total. The summed E-state index contributed by atoms with van der Waals surface area (Å²) < 4.78 is 0. The molecule has 2 aliphatic rings. The zero-order valence-electron chi connectivity index (χ0n) is 13.5. The molecule has 0 aromatic carbocycles. The lowest BCUT2D eigenvalue weighted by atomic mass is 9.87. The van der Waals surface area contributed by atoms with Crippen molar-refractivity contribution in [2.45, 2.75) is 27.7 Å². The first-order valence-corrected chi connectivity index (χ1v) is 7.59. The normalized spacial score (nSPS) is 21.3. The lowest BCUT2D eigenvalue weighted by molar-refractivity contribution is -0.147. The molecule has 0 radical (unpaired) electrons. The lowest BCUT2D eigenvalue weighted by Gasteiger charge is -2.40. The first-order chi connectivity index (χ1) is 9.30. The Hall–Kier alpha value is -0.810. The second-order valence-corrected chi connectivity index (χ2v) is 7.07. The SMILES string of the molecule is CC(C(=O)N1CCN(C(=O)C(C)(C)C)CC1)C1CNC1.Cl. The fraction of sp³-hybridized carbons (Fsp3) is 0.867. The minimum Gasteiger partial charge on any atom is -0.339 e. The molecule has 0 aromatic heterocycles. The van der Waals surface area contributed by atoms with Gasteiger partial charge in [-0.3, -0.25) is 9.59 Å².